The van der Waals surface area contributed by atoms with Crippen molar-refractivity contribution in [3.05, 3.63) is 35.9 Å². The second-order valence-corrected chi connectivity index (χ2v) is 13.8. The third kappa shape index (κ3) is 9.04. The Morgan fingerprint density at radius 2 is 1.22 bits per heavy atom. The number of benzene rings is 1. The van der Waals surface area contributed by atoms with Crippen molar-refractivity contribution in [2.45, 2.75) is 130 Å². The largest absolute Gasteiger partial charge is 0.394 e. The van der Waals surface area contributed by atoms with Crippen LogP contribution in [0, 0.1) is 0 Å². The smallest absolute Gasteiger partial charge is 0.221 e. The summed E-state index contributed by atoms with van der Waals surface area (Å²) in [6.07, 6.45) is -25.8. The first-order valence-electron chi connectivity index (χ1n) is 17.4. The Kier molecular flexibility index (Phi) is 14.4. The van der Waals surface area contributed by atoms with E-state index >= 15 is 0 Å². The van der Waals surface area contributed by atoms with E-state index < -0.39 is 136 Å². The van der Waals surface area contributed by atoms with Crippen molar-refractivity contribution in [1.29, 1.82) is 0 Å². The van der Waals surface area contributed by atoms with Gasteiger partial charge in [-0.1, -0.05) is 6.08 Å². The van der Waals surface area contributed by atoms with Crippen LogP contribution < -0.4 is 16.0 Å². The first-order chi connectivity index (χ1) is 25.6. The van der Waals surface area contributed by atoms with Gasteiger partial charge in [-0.15, -0.1) is 0 Å². The van der Waals surface area contributed by atoms with E-state index in [0.717, 1.165) is 0 Å². The van der Waals surface area contributed by atoms with E-state index in [0.29, 0.717) is 11.4 Å². The lowest BCUT2D eigenvalue weighted by Crippen LogP contribution is -2.68. The van der Waals surface area contributed by atoms with E-state index in [1.54, 1.807) is 24.3 Å². The first kappa shape index (κ1) is 42.6. The van der Waals surface area contributed by atoms with Crippen molar-refractivity contribution in [2.24, 2.45) is 0 Å². The van der Waals surface area contributed by atoms with Crippen molar-refractivity contribution in [3.63, 3.8) is 0 Å². The van der Waals surface area contributed by atoms with Gasteiger partial charge in [0.1, 0.15) is 79.4 Å². The first-order valence-corrected chi connectivity index (χ1v) is 17.4. The molecular weight excluding hydrogens is 726 g/mol. The Hall–Kier alpha value is -2.49. The normalized spacial score (nSPS) is 44.3. The molecule has 3 aliphatic heterocycles. The molecule has 3 fully saturated rings. The molecule has 3 saturated heterocycles. The average molecular weight is 778 g/mol. The van der Waals surface area contributed by atoms with Crippen LogP contribution in [0.15, 0.2) is 35.9 Å². The molecule has 0 radical (unpaired) electrons. The molecule has 0 saturated carbocycles. The topological polar surface area (TPSA) is 342 Å². The zero-order valence-electron chi connectivity index (χ0n) is 29.3. The molecule has 0 aromatic heterocycles. The number of aliphatic hydroxyl groups is 12. The zero-order valence-corrected chi connectivity index (χ0v) is 29.3. The lowest BCUT2D eigenvalue weighted by atomic mass is 9.86. The summed E-state index contributed by atoms with van der Waals surface area (Å²) in [5.74, 6) is -0.274. The molecule has 0 spiro atoms. The molecule has 1 aliphatic carbocycles. The summed E-state index contributed by atoms with van der Waals surface area (Å²) in [4.78, 5) is 11.3. The Morgan fingerprint density at radius 3 is 1.80 bits per heavy atom. The molecule has 1 aromatic carbocycles. The van der Waals surface area contributed by atoms with E-state index in [1.807, 2.05) is 0 Å². The van der Waals surface area contributed by atoms with Gasteiger partial charge in [-0.05, 0) is 36.8 Å². The van der Waals surface area contributed by atoms with Crippen LogP contribution in [0.4, 0.5) is 11.4 Å². The van der Waals surface area contributed by atoms with Gasteiger partial charge in [-0.25, -0.2) is 0 Å². The fraction of sp³-hybridized carbons (Fsp3) is 0.727. The van der Waals surface area contributed by atoms with Crippen LogP contribution in [0.3, 0.4) is 0 Å². The van der Waals surface area contributed by atoms with Gasteiger partial charge in [0.25, 0.3) is 0 Å². The number of carbonyl (C=O) groups is 1. The lowest BCUT2D eigenvalue weighted by molar-refractivity contribution is -0.367. The maximum atomic E-state index is 11.3. The maximum Gasteiger partial charge on any atom is 0.221 e. The fourth-order valence-corrected chi connectivity index (χ4v) is 6.97. The molecule has 0 bridgehead atoms. The van der Waals surface area contributed by atoms with E-state index in [4.69, 9.17) is 23.7 Å². The molecule has 306 valence electrons. The SMILES string of the molecule is CC(=O)Nc1ccc(NC2OC(CO)C(OC3OC(CO)C(OC4OC(C)C(NC5C=C(CO)C(O)C(O)C5O)C(O)C4O)C(O)C3O)C(O)C2O)cc1. The molecule has 54 heavy (non-hydrogen) atoms. The summed E-state index contributed by atoms with van der Waals surface area (Å²) in [6, 6.07) is 4.13. The number of carbonyl (C=O) groups excluding carboxylic acids is 1. The molecule has 4 aliphatic rings. The van der Waals surface area contributed by atoms with Crippen molar-refractivity contribution in [3.8, 4) is 0 Å². The van der Waals surface area contributed by atoms with Gasteiger partial charge in [0, 0.05) is 18.3 Å². The molecule has 19 unspecified atom stereocenters. The highest BCUT2D eigenvalue weighted by Crippen LogP contribution is 2.33. The van der Waals surface area contributed by atoms with Crippen molar-refractivity contribution in [1.82, 2.24) is 5.32 Å². The Morgan fingerprint density at radius 1 is 0.685 bits per heavy atom. The molecule has 15 N–H and O–H groups in total. The van der Waals surface area contributed by atoms with Gasteiger partial charge in [-0.3, -0.25) is 4.79 Å². The number of hydrogen-bond acceptors (Lipinski definition) is 20. The number of aliphatic hydroxyl groups excluding tert-OH is 12. The van der Waals surface area contributed by atoms with E-state index in [2.05, 4.69) is 16.0 Å². The van der Waals surface area contributed by atoms with E-state index in [1.165, 1.54) is 19.9 Å². The second kappa shape index (κ2) is 18.2. The highest BCUT2D eigenvalue weighted by Gasteiger charge is 2.53. The van der Waals surface area contributed by atoms with Crippen molar-refractivity contribution in [2.75, 3.05) is 30.5 Å². The Balaban J connectivity index is 1.21. The predicted octanol–water partition coefficient (Wildman–Crippen LogP) is -6.49. The minimum Gasteiger partial charge on any atom is -0.394 e. The Labute approximate surface area is 308 Å². The van der Waals surface area contributed by atoms with E-state index in [9.17, 15) is 66.1 Å². The summed E-state index contributed by atoms with van der Waals surface area (Å²) >= 11 is 0. The predicted molar refractivity (Wildman–Crippen MR) is 180 cm³/mol. The van der Waals surface area contributed by atoms with Crippen LogP contribution in [0.1, 0.15) is 13.8 Å². The highest BCUT2D eigenvalue weighted by atomic mass is 16.7. The van der Waals surface area contributed by atoms with Gasteiger partial charge in [-0.2, -0.15) is 0 Å². The number of rotatable bonds is 12. The molecule has 5 rings (SSSR count). The summed E-state index contributed by atoms with van der Waals surface area (Å²) < 4.78 is 28.7. The minimum atomic E-state index is -1.95. The van der Waals surface area contributed by atoms with Gasteiger partial charge in [0.2, 0.25) is 5.91 Å². The standard InChI is InChI=1S/C33H51N3O18/c1-11-19(36-16-7-13(8-37)20(41)23(44)21(16)42)22(43)27(48)32(50-11)53-30-18(10-39)52-33(28(49)25(30)46)54-29-17(9-38)51-31(26(47)24(29)45)35-15-5-3-14(4-6-15)34-12(2)40/h3-7,11,16-33,35-39,41-49H,8-10H2,1-2H3,(H,34,40). The Bertz CT molecular complexity index is 1410. The summed E-state index contributed by atoms with van der Waals surface area (Å²) in [5.41, 5.74) is 0.960. The van der Waals surface area contributed by atoms with Crippen LogP contribution in [0.5, 0.6) is 0 Å². The monoisotopic (exact) mass is 777 g/mol. The summed E-state index contributed by atoms with van der Waals surface area (Å²) in [6.45, 7) is 0.636. The average Bonchev–Trinajstić information content (AvgIpc) is 3.15. The molecule has 1 aromatic rings. The molecule has 3 heterocycles. The fourth-order valence-electron chi connectivity index (χ4n) is 6.97. The minimum absolute atomic E-state index is 0.0195. The third-order valence-electron chi connectivity index (χ3n) is 10.0. The van der Waals surface area contributed by atoms with Crippen LogP contribution >= 0.6 is 0 Å². The quantitative estimate of drug-likeness (QED) is 0.0877. The molecule has 21 heteroatoms. The van der Waals surface area contributed by atoms with Crippen molar-refractivity contribution < 1.29 is 89.8 Å². The van der Waals surface area contributed by atoms with Gasteiger partial charge >= 0.3 is 0 Å². The van der Waals surface area contributed by atoms with E-state index in [-0.39, 0.29) is 11.5 Å². The number of anilines is 2. The molecule has 1 amide bonds. The summed E-state index contributed by atoms with van der Waals surface area (Å²) in [7, 11) is 0. The van der Waals surface area contributed by atoms with Crippen molar-refractivity contribution >= 4 is 17.3 Å². The molecule has 19 atom stereocenters. The van der Waals surface area contributed by atoms with Crippen LogP contribution in [-0.2, 0) is 28.5 Å². The van der Waals surface area contributed by atoms with Crippen LogP contribution in [-0.4, -0.2) is 203 Å². The second-order valence-electron chi connectivity index (χ2n) is 13.8. The van der Waals surface area contributed by atoms with Gasteiger partial charge < -0.3 is 101 Å². The summed E-state index contributed by atoms with van der Waals surface area (Å²) in [5, 5.41) is 135. The number of ether oxygens (including phenoxy) is 5. The van der Waals surface area contributed by atoms with Gasteiger partial charge in [0.05, 0.1) is 38.0 Å². The molecular formula is C33H51N3O18. The number of amides is 1. The highest BCUT2D eigenvalue weighted by molar-refractivity contribution is 5.88. The number of nitrogens with one attached hydrogen (secondary N) is 3. The maximum absolute atomic E-state index is 11.3. The molecule has 21 nitrogen and oxygen atoms in total. The van der Waals surface area contributed by atoms with Crippen LogP contribution in [0.2, 0.25) is 0 Å². The third-order valence-corrected chi connectivity index (χ3v) is 10.0. The van der Waals surface area contributed by atoms with Crippen LogP contribution in [0.25, 0.3) is 0 Å². The number of hydrogen-bond donors (Lipinski definition) is 15. The zero-order chi connectivity index (χ0) is 39.6. The lowest BCUT2D eigenvalue weighted by Gasteiger charge is -2.49. The van der Waals surface area contributed by atoms with Gasteiger partial charge in [0.15, 0.2) is 18.8 Å².